The van der Waals surface area contributed by atoms with Gasteiger partial charge in [-0.15, -0.1) is 0 Å². The standard InChI is InChI=1S/C20H26O2/c1-19(2)10-8-12-17-13(15(21)6-7-16(17)22)11-20(3)9-4-5-14(19)18(12)20/h6-7,12,14,18H,4-5,8-11H2,1-3H3/t12-,14-,18+,20+/m1/s1. The topological polar surface area (TPSA) is 34.1 Å². The Morgan fingerprint density at radius 2 is 1.73 bits per heavy atom. The van der Waals surface area contributed by atoms with Crippen molar-refractivity contribution in [3.63, 3.8) is 0 Å². The zero-order valence-electron chi connectivity index (χ0n) is 13.9. The molecule has 2 saturated carbocycles. The molecule has 118 valence electrons. The molecule has 4 rings (SSSR count). The Labute approximate surface area is 133 Å². The number of ketones is 2. The predicted octanol–water partition coefficient (Wildman–Crippen LogP) is 4.25. The van der Waals surface area contributed by atoms with E-state index in [9.17, 15) is 9.59 Å². The van der Waals surface area contributed by atoms with Gasteiger partial charge in [-0.05, 0) is 72.8 Å². The van der Waals surface area contributed by atoms with E-state index in [0.29, 0.717) is 23.2 Å². The summed E-state index contributed by atoms with van der Waals surface area (Å²) in [7, 11) is 0. The van der Waals surface area contributed by atoms with Gasteiger partial charge in [-0.25, -0.2) is 0 Å². The second kappa shape index (κ2) is 4.43. The molecule has 4 aliphatic rings. The van der Waals surface area contributed by atoms with Gasteiger partial charge in [0.15, 0.2) is 11.6 Å². The van der Waals surface area contributed by atoms with Crippen molar-refractivity contribution in [2.75, 3.05) is 0 Å². The molecule has 2 heteroatoms. The molecule has 0 unspecified atom stereocenters. The van der Waals surface area contributed by atoms with Gasteiger partial charge in [-0.1, -0.05) is 27.2 Å². The maximum Gasteiger partial charge on any atom is 0.182 e. The second-order valence-electron chi connectivity index (χ2n) is 8.94. The van der Waals surface area contributed by atoms with Crippen molar-refractivity contribution in [1.82, 2.24) is 0 Å². The smallest absolute Gasteiger partial charge is 0.182 e. The van der Waals surface area contributed by atoms with Crippen LogP contribution in [0.25, 0.3) is 0 Å². The fourth-order valence-electron chi connectivity index (χ4n) is 6.24. The van der Waals surface area contributed by atoms with Crippen molar-refractivity contribution in [3.8, 4) is 0 Å². The van der Waals surface area contributed by atoms with Crippen molar-refractivity contribution >= 4 is 11.6 Å². The molecule has 22 heavy (non-hydrogen) atoms. The number of carbonyl (C=O) groups excluding carboxylic acids is 2. The van der Waals surface area contributed by atoms with Crippen LogP contribution in [0.1, 0.15) is 59.3 Å². The lowest BCUT2D eigenvalue weighted by molar-refractivity contribution is -0.121. The molecule has 0 saturated heterocycles. The van der Waals surface area contributed by atoms with Gasteiger partial charge in [0.05, 0.1) is 0 Å². The Balaban J connectivity index is 1.87. The first kappa shape index (κ1) is 14.4. The van der Waals surface area contributed by atoms with E-state index < -0.39 is 0 Å². The summed E-state index contributed by atoms with van der Waals surface area (Å²) >= 11 is 0. The number of carbonyl (C=O) groups is 2. The average molecular weight is 298 g/mol. The van der Waals surface area contributed by atoms with Crippen LogP contribution < -0.4 is 0 Å². The summed E-state index contributed by atoms with van der Waals surface area (Å²) < 4.78 is 0. The Hall–Kier alpha value is -1.18. The first-order valence-corrected chi connectivity index (χ1v) is 8.83. The van der Waals surface area contributed by atoms with Crippen LogP contribution >= 0.6 is 0 Å². The molecule has 4 aliphatic carbocycles. The van der Waals surface area contributed by atoms with Crippen LogP contribution in [0.5, 0.6) is 0 Å². The van der Waals surface area contributed by atoms with Crippen molar-refractivity contribution < 1.29 is 9.59 Å². The van der Waals surface area contributed by atoms with E-state index in [4.69, 9.17) is 0 Å². The molecule has 0 amide bonds. The number of fused-ring (bicyclic) bond motifs is 1. The number of hydrogen-bond donors (Lipinski definition) is 0. The lowest BCUT2D eigenvalue weighted by Gasteiger charge is -2.60. The van der Waals surface area contributed by atoms with E-state index in [-0.39, 0.29) is 17.0 Å². The van der Waals surface area contributed by atoms with Crippen LogP contribution in [0.4, 0.5) is 0 Å². The molecule has 4 atom stereocenters. The highest BCUT2D eigenvalue weighted by Gasteiger charge is 2.57. The van der Waals surface area contributed by atoms with Gasteiger partial charge in [0.1, 0.15) is 0 Å². The SMILES string of the molecule is CC1(C)CC[C@@H]2C3=C(C[C@]4(C)CCC[C@@H]1[C@H]24)C(=O)C=CC3=O. The van der Waals surface area contributed by atoms with Crippen LogP contribution in [-0.4, -0.2) is 11.6 Å². The summed E-state index contributed by atoms with van der Waals surface area (Å²) in [6.45, 7) is 7.21. The highest BCUT2D eigenvalue weighted by atomic mass is 16.1. The molecule has 0 N–H and O–H groups in total. The highest BCUT2D eigenvalue weighted by molar-refractivity contribution is 6.20. The fraction of sp³-hybridized carbons (Fsp3) is 0.700. The Morgan fingerprint density at radius 1 is 1.00 bits per heavy atom. The van der Waals surface area contributed by atoms with Crippen LogP contribution in [0.2, 0.25) is 0 Å². The summed E-state index contributed by atoms with van der Waals surface area (Å²) in [4.78, 5) is 24.9. The minimum Gasteiger partial charge on any atom is -0.290 e. The maximum absolute atomic E-state index is 12.5. The molecule has 0 heterocycles. The van der Waals surface area contributed by atoms with Crippen molar-refractivity contribution in [1.29, 1.82) is 0 Å². The molecule has 2 nitrogen and oxygen atoms in total. The largest absolute Gasteiger partial charge is 0.290 e. The van der Waals surface area contributed by atoms with Crippen molar-refractivity contribution in [3.05, 3.63) is 23.3 Å². The lowest BCUT2D eigenvalue weighted by atomic mass is 9.43. The summed E-state index contributed by atoms with van der Waals surface area (Å²) in [5.41, 5.74) is 2.35. The van der Waals surface area contributed by atoms with Crippen LogP contribution in [-0.2, 0) is 9.59 Å². The lowest BCUT2D eigenvalue weighted by Crippen LogP contribution is -2.54. The van der Waals surface area contributed by atoms with E-state index >= 15 is 0 Å². The van der Waals surface area contributed by atoms with Gasteiger partial charge in [0.25, 0.3) is 0 Å². The third-order valence-electron chi connectivity index (χ3n) is 7.26. The molecule has 0 spiro atoms. The Morgan fingerprint density at radius 3 is 2.50 bits per heavy atom. The maximum atomic E-state index is 12.5. The molecule has 0 bridgehead atoms. The molecular formula is C20H26O2. The molecule has 0 aromatic heterocycles. The van der Waals surface area contributed by atoms with Gasteiger partial charge in [-0.3, -0.25) is 9.59 Å². The van der Waals surface area contributed by atoms with Crippen LogP contribution in [0.3, 0.4) is 0 Å². The predicted molar refractivity (Wildman–Crippen MR) is 86.2 cm³/mol. The first-order valence-electron chi connectivity index (χ1n) is 8.83. The third-order valence-corrected chi connectivity index (χ3v) is 7.26. The average Bonchev–Trinajstić information content (AvgIpc) is 2.45. The van der Waals surface area contributed by atoms with Gasteiger partial charge in [-0.2, -0.15) is 0 Å². The Bertz CT molecular complexity index is 622. The zero-order chi connectivity index (χ0) is 15.7. The number of hydrogen-bond acceptors (Lipinski definition) is 2. The highest BCUT2D eigenvalue weighted by Crippen LogP contribution is 2.64. The minimum absolute atomic E-state index is 0.0984. The van der Waals surface area contributed by atoms with Gasteiger partial charge in [0.2, 0.25) is 0 Å². The quantitative estimate of drug-likeness (QED) is 0.626. The van der Waals surface area contributed by atoms with Crippen LogP contribution in [0.15, 0.2) is 23.3 Å². The minimum atomic E-state index is 0.0984. The van der Waals surface area contributed by atoms with E-state index in [1.165, 1.54) is 37.8 Å². The van der Waals surface area contributed by atoms with E-state index in [2.05, 4.69) is 20.8 Å². The summed E-state index contributed by atoms with van der Waals surface area (Å²) in [6, 6.07) is 0. The van der Waals surface area contributed by atoms with E-state index in [0.717, 1.165) is 24.0 Å². The third kappa shape index (κ3) is 1.79. The molecule has 0 aliphatic heterocycles. The zero-order valence-corrected chi connectivity index (χ0v) is 13.9. The molecule has 0 aromatic carbocycles. The summed E-state index contributed by atoms with van der Waals surface area (Å²) in [6.07, 6.45) is 9.87. The number of rotatable bonds is 0. The summed E-state index contributed by atoms with van der Waals surface area (Å²) in [5, 5.41) is 0. The molecule has 0 radical (unpaired) electrons. The normalized spacial score (nSPS) is 43.0. The molecular weight excluding hydrogens is 272 g/mol. The van der Waals surface area contributed by atoms with E-state index in [1.807, 2.05) is 0 Å². The van der Waals surface area contributed by atoms with Crippen molar-refractivity contribution in [2.45, 2.75) is 59.3 Å². The second-order valence-corrected chi connectivity index (χ2v) is 8.94. The monoisotopic (exact) mass is 298 g/mol. The molecule has 0 aromatic rings. The first-order chi connectivity index (χ1) is 10.3. The van der Waals surface area contributed by atoms with Gasteiger partial charge < -0.3 is 0 Å². The van der Waals surface area contributed by atoms with E-state index in [1.54, 1.807) is 0 Å². The van der Waals surface area contributed by atoms with Gasteiger partial charge >= 0.3 is 0 Å². The van der Waals surface area contributed by atoms with Crippen molar-refractivity contribution in [2.24, 2.45) is 28.6 Å². The fourth-order valence-corrected chi connectivity index (χ4v) is 6.24. The molecule has 2 fully saturated rings. The van der Waals surface area contributed by atoms with Crippen LogP contribution in [0, 0.1) is 28.6 Å². The van der Waals surface area contributed by atoms with Gasteiger partial charge in [0, 0.05) is 11.1 Å². The number of allylic oxidation sites excluding steroid dienone is 4. The Kier molecular flexibility index (Phi) is 2.90. The summed E-state index contributed by atoms with van der Waals surface area (Å²) in [5.74, 6) is 1.83.